The van der Waals surface area contributed by atoms with Crippen molar-refractivity contribution in [3.63, 3.8) is 0 Å². The van der Waals surface area contributed by atoms with E-state index in [0.29, 0.717) is 30.6 Å². The number of nitrogens with zero attached hydrogens (tertiary/aromatic N) is 4. The van der Waals surface area contributed by atoms with Crippen molar-refractivity contribution in [3.05, 3.63) is 11.7 Å². The van der Waals surface area contributed by atoms with E-state index in [-0.39, 0.29) is 0 Å². The fourth-order valence-electron chi connectivity index (χ4n) is 4.32. The first-order valence-corrected chi connectivity index (χ1v) is 11.0. The van der Waals surface area contributed by atoms with Gasteiger partial charge in [0, 0.05) is 38.9 Å². The number of hydrogen-bond donors (Lipinski definition) is 0. The van der Waals surface area contributed by atoms with Crippen LogP contribution in [0, 0.1) is 11.8 Å². The third-order valence-electron chi connectivity index (χ3n) is 6.03. The summed E-state index contributed by atoms with van der Waals surface area (Å²) in [7, 11) is 0. The Bertz CT molecular complexity index is 580. The molecule has 0 aromatic carbocycles. The van der Waals surface area contributed by atoms with Crippen LogP contribution in [-0.4, -0.2) is 58.6 Å². The molecule has 0 saturated carbocycles. The number of hydrogen-bond acceptors (Lipinski definition) is 5. The Morgan fingerprint density at radius 1 is 1.19 bits per heavy atom. The van der Waals surface area contributed by atoms with Crippen LogP contribution in [0.3, 0.4) is 0 Å². The molecule has 1 aromatic heterocycles. The topological polar surface area (TPSA) is 62.5 Å². The highest BCUT2D eigenvalue weighted by molar-refractivity contribution is 5.76. The third kappa shape index (κ3) is 6.30. The first-order valence-electron chi connectivity index (χ1n) is 11.0. The molecule has 6 heteroatoms. The molecule has 1 atom stereocenters. The Morgan fingerprint density at radius 3 is 2.78 bits per heavy atom. The van der Waals surface area contributed by atoms with Gasteiger partial charge in [-0.1, -0.05) is 19.0 Å². The Hall–Kier alpha value is -1.43. The third-order valence-corrected chi connectivity index (χ3v) is 6.03. The van der Waals surface area contributed by atoms with E-state index in [9.17, 15) is 4.79 Å². The maximum atomic E-state index is 12.6. The van der Waals surface area contributed by atoms with E-state index in [2.05, 4.69) is 33.8 Å². The van der Waals surface area contributed by atoms with Gasteiger partial charge in [-0.15, -0.1) is 0 Å². The zero-order chi connectivity index (χ0) is 19.1. The van der Waals surface area contributed by atoms with Crippen LogP contribution in [0.2, 0.25) is 0 Å². The Morgan fingerprint density at radius 2 is 2.00 bits per heavy atom. The molecule has 2 aliphatic heterocycles. The fourth-order valence-corrected chi connectivity index (χ4v) is 4.32. The van der Waals surface area contributed by atoms with Gasteiger partial charge in [-0.05, 0) is 63.5 Å². The quantitative estimate of drug-likeness (QED) is 0.696. The SMILES string of the molecule is CCCc1noc(CCCC(=O)N2CCCC(CN3CCC(C)CC3)C2)n1. The molecule has 3 rings (SSSR count). The highest BCUT2D eigenvalue weighted by Crippen LogP contribution is 2.22. The molecule has 2 saturated heterocycles. The van der Waals surface area contributed by atoms with Gasteiger partial charge >= 0.3 is 0 Å². The van der Waals surface area contributed by atoms with Crippen LogP contribution in [0.1, 0.15) is 70.5 Å². The van der Waals surface area contributed by atoms with E-state index < -0.39 is 0 Å². The molecule has 3 heterocycles. The number of carbonyl (C=O) groups is 1. The van der Waals surface area contributed by atoms with Crippen molar-refractivity contribution in [2.45, 2.75) is 71.6 Å². The summed E-state index contributed by atoms with van der Waals surface area (Å²) in [5.74, 6) is 3.26. The second kappa shape index (κ2) is 10.2. The van der Waals surface area contributed by atoms with Gasteiger partial charge in [0.15, 0.2) is 5.82 Å². The monoisotopic (exact) mass is 376 g/mol. The lowest BCUT2D eigenvalue weighted by molar-refractivity contribution is -0.133. The molecule has 0 aliphatic carbocycles. The summed E-state index contributed by atoms with van der Waals surface area (Å²) >= 11 is 0. The Labute approximate surface area is 163 Å². The predicted molar refractivity (Wildman–Crippen MR) is 105 cm³/mol. The Balaban J connectivity index is 1.37. The van der Waals surface area contributed by atoms with Gasteiger partial charge in [-0.3, -0.25) is 4.79 Å². The summed E-state index contributed by atoms with van der Waals surface area (Å²) in [6, 6.07) is 0. The normalized spacial score (nSPS) is 22.3. The molecule has 2 fully saturated rings. The van der Waals surface area contributed by atoms with Gasteiger partial charge in [-0.2, -0.15) is 4.98 Å². The van der Waals surface area contributed by atoms with E-state index in [0.717, 1.165) is 50.5 Å². The minimum atomic E-state index is 0.292. The number of amides is 1. The van der Waals surface area contributed by atoms with Gasteiger partial charge in [0.1, 0.15) is 0 Å². The van der Waals surface area contributed by atoms with Gasteiger partial charge in [0.2, 0.25) is 11.8 Å². The lowest BCUT2D eigenvalue weighted by Gasteiger charge is -2.38. The van der Waals surface area contributed by atoms with Crippen LogP contribution < -0.4 is 0 Å². The number of aryl methyl sites for hydroxylation is 2. The molecule has 0 N–H and O–H groups in total. The second-order valence-electron chi connectivity index (χ2n) is 8.54. The molecule has 1 unspecified atom stereocenters. The van der Waals surface area contributed by atoms with Crippen molar-refractivity contribution in [1.82, 2.24) is 19.9 Å². The second-order valence-corrected chi connectivity index (χ2v) is 8.54. The Kier molecular flexibility index (Phi) is 7.68. The molecule has 0 radical (unpaired) electrons. The van der Waals surface area contributed by atoms with Gasteiger partial charge in [0.25, 0.3) is 0 Å². The summed E-state index contributed by atoms with van der Waals surface area (Å²) in [5, 5.41) is 3.98. The standard InChI is InChI=1S/C21H36N4O2/c1-3-6-19-22-20(27-23-19)8-4-9-21(26)25-12-5-7-18(16-25)15-24-13-10-17(2)11-14-24/h17-18H,3-16H2,1-2H3. The highest BCUT2D eigenvalue weighted by atomic mass is 16.5. The van der Waals surface area contributed by atoms with Crippen molar-refractivity contribution in [2.75, 3.05) is 32.7 Å². The smallest absolute Gasteiger partial charge is 0.226 e. The first-order chi connectivity index (χ1) is 13.1. The van der Waals surface area contributed by atoms with Gasteiger partial charge < -0.3 is 14.3 Å². The number of aromatic nitrogens is 2. The van der Waals surface area contributed by atoms with Crippen molar-refractivity contribution in [1.29, 1.82) is 0 Å². The number of rotatable bonds is 8. The molecule has 27 heavy (non-hydrogen) atoms. The zero-order valence-electron chi connectivity index (χ0n) is 17.2. The summed E-state index contributed by atoms with van der Waals surface area (Å²) in [6.45, 7) is 9.95. The van der Waals surface area contributed by atoms with Crippen LogP contribution in [0.15, 0.2) is 4.52 Å². The number of carbonyl (C=O) groups excluding carboxylic acids is 1. The molecule has 0 bridgehead atoms. The van der Waals surface area contributed by atoms with Crippen molar-refractivity contribution in [2.24, 2.45) is 11.8 Å². The minimum absolute atomic E-state index is 0.292. The van der Waals surface area contributed by atoms with E-state index in [4.69, 9.17) is 4.52 Å². The highest BCUT2D eigenvalue weighted by Gasteiger charge is 2.26. The molecular formula is C21H36N4O2. The van der Waals surface area contributed by atoms with E-state index in [1.54, 1.807) is 0 Å². The molecular weight excluding hydrogens is 340 g/mol. The lowest BCUT2D eigenvalue weighted by Crippen LogP contribution is -2.45. The first kappa shape index (κ1) is 20.3. The van der Waals surface area contributed by atoms with Crippen molar-refractivity contribution >= 4 is 5.91 Å². The summed E-state index contributed by atoms with van der Waals surface area (Å²) in [4.78, 5) is 21.7. The van der Waals surface area contributed by atoms with Crippen LogP contribution in [0.25, 0.3) is 0 Å². The van der Waals surface area contributed by atoms with Crippen LogP contribution >= 0.6 is 0 Å². The average molecular weight is 377 g/mol. The molecule has 1 amide bonds. The average Bonchev–Trinajstić information content (AvgIpc) is 3.11. The van der Waals surface area contributed by atoms with Crippen molar-refractivity contribution < 1.29 is 9.32 Å². The maximum absolute atomic E-state index is 12.6. The van der Waals surface area contributed by atoms with E-state index >= 15 is 0 Å². The summed E-state index contributed by atoms with van der Waals surface area (Å²) in [5.41, 5.74) is 0. The van der Waals surface area contributed by atoms with Crippen LogP contribution in [-0.2, 0) is 17.6 Å². The maximum Gasteiger partial charge on any atom is 0.226 e. The lowest BCUT2D eigenvalue weighted by atomic mass is 9.94. The fraction of sp³-hybridized carbons (Fsp3) is 0.857. The van der Waals surface area contributed by atoms with Gasteiger partial charge in [-0.25, -0.2) is 0 Å². The van der Waals surface area contributed by atoms with Gasteiger partial charge in [0.05, 0.1) is 0 Å². The van der Waals surface area contributed by atoms with Crippen LogP contribution in [0.5, 0.6) is 0 Å². The largest absolute Gasteiger partial charge is 0.342 e. The molecule has 6 nitrogen and oxygen atoms in total. The minimum Gasteiger partial charge on any atom is -0.342 e. The number of piperidine rings is 2. The van der Waals surface area contributed by atoms with E-state index in [1.807, 2.05) is 0 Å². The molecule has 1 aromatic rings. The summed E-state index contributed by atoms with van der Waals surface area (Å²) < 4.78 is 5.26. The van der Waals surface area contributed by atoms with E-state index in [1.165, 1.54) is 38.9 Å². The van der Waals surface area contributed by atoms with Crippen molar-refractivity contribution in [3.8, 4) is 0 Å². The molecule has 0 spiro atoms. The molecule has 152 valence electrons. The summed E-state index contributed by atoms with van der Waals surface area (Å²) in [6.07, 6.45) is 9.00. The zero-order valence-corrected chi connectivity index (χ0v) is 17.2. The van der Waals surface area contributed by atoms with Crippen LogP contribution in [0.4, 0.5) is 0 Å². The predicted octanol–water partition coefficient (Wildman–Crippen LogP) is 3.32. The molecule has 2 aliphatic rings. The number of likely N-dealkylation sites (tertiary alicyclic amines) is 2.